The lowest BCUT2D eigenvalue weighted by atomic mass is 9.99. The predicted molar refractivity (Wildman–Crippen MR) is 105 cm³/mol. The van der Waals surface area contributed by atoms with Crippen molar-refractivity contribution in [2.75, 3.05) is 0 Å². The van der Waals surface area contributed by atoms with E-state index in [1.165, 1.54) is 0 Å². The van der Waals surface area contributed by atoms with Crippen molar-refractivity contribution in [2.45, 2.75) is 45.4 Å². The summed E-state index contributed by atoms with van der Waals surface area (Å²) in [6.07, 6.45) is 0. The second-order valence-electron chi connectivity index (χ2n) is 7.31. The highest BCUT2D eigenvalue weighted by Crippen LogP contribution is 2.29. The number of rotatable bonds is 9. The molecule has 0 radical (unpaired) electrons. The van der Waals surface area contributed by atoms with Gasteiger partial charge < -0.3 is 0 Å². The van der Waals surface area contributed by atoms with Gasteiger partial charge in [0.15, 0.2) is 0 Å². The van der Waals surface area contributed by atoms with Gasteiger partial charge in [-0.2, -0.15) is 0 Å². The highest BCUT2D eigenvalue weighted by Gasteiger charge is 2.38. The number of hydrogen-bond donors (Lipinski definition) is 0. The van der Waals surface area contributed by atoms with Gasteiger partial charge in [-0.15, -0.1) is 6.58 Å². The van der Waals surface area contributed by atoms with Crippen LogP contribution in [0.5, 0.6) is 0 Å². The van der Waals surface area contributed by atoms with Crippen LogP contribution < -0.4 is 0 Å². The van der Waals surface area contributed by atoms with Gasteiger partial charge in [-0.05, 0) is 51.1 Å². The molecular weight excluding hydrogens is 344 g/mol. The lowest BCUT2D eigenvalue weighted by molar-refractivity contribution is -0.355. The van der Waals surface area contributed by atoms with Gasteiger partial charge in [0.2, 0.25) is 0 Å². The fraction of sp³-hybridized carbons (Fsp3) is 0.333. The van der Waals surface area contributed by atoms with Crippen molar-refractivity contribution >= 4 is 8.56 Å². The molecule has 2 aromatic carbocycles. The Hall–Kier alpha value is -1.76. The van der Waals surface area contributed by atoms with Crippen molar-refractivity contribution in [1.82, 2.24) is 0 Å². The van der Waals surface area contributed by atoms with Gasteiger partial charge >= 0.3 is 8.56 Å². The Labute approximate surface area is 157 Å². The first-order valence-electron chi connectivity index (χ1n) is 8.67. The lowest BCUT2D eigenvalue weighted by Crippen LogP contribution is -2.41. The topological polar surface area (TPSA) is 36.9 Å². The van der Waals surface area contributed by atoms with Crippen LogP contribution in [0.1, 0.15) is 38.8 Å². The van der Waals surface area contributed by atoms with Gasteiger partial charge in [-0.3, -0.25) is 0 Å². The predicted octanol–water partition coefficient (Wildman–Crippen LogP) is 5.55. The summed E-state index contributed by atoms with van der Waals surface area (Å²) < 4.78 is 11.4. The molecule has 0 spiro atoms. The summed E-state index contributed by atoms with van der Waals surface area (Å²) in [7, 11) is -2.89. The summed E-state index contributed by atoms with van der Waals surface area (Å²) >= 11 is 0. The summed E-state index contributed by atoms with van der Waals surface area (Å²) in [5.74, 6) is 0. The van der Waals surface area contributed by atoms with Crippen molar-refractivity contribution in [1.29, 1.82) is 0 Å². The average molecular weight is 373 g/mol. The molecule has 0 bridgehead atoms. The van der Waals surface area contributed by atoms with E-state index in [1.807, 2.05) is 94.9 Å². The molecule has 0 saturated carbocycles. The second-order valence-corrected chi connectivity index (χ2v) is 10.1. The SMILES string of the molecule is C=C[Si](C)(OOC(C)(C)c1ccccc1)OOC(C)(C)c1ccccc1. The van der Waals surface area contributed by atoms with E-state index in [2.05, 4.69) is 6.58 Å². The highest BCUT2D eigenvalue weighted by atomic mass is 28.4. The van der Waals surface area contributed by atoms with Crippen molar-refractivity contribution in [3.8, 4) is 0 Å². The zero-order valence-corrected chi connectivity index (χ0v) is 17.2. The Bertz CT molecular complexity index is 643. The van der Waals surface area contributed by atoms with E-state index >= 15 is 0 Å². The molecule has 0 heterocycles. The van der Waals surface area contributed by atoms with E-state index in [0.717, 1.165) is 11.1 Å². The molecule has 0 unspecified atom stereocenters. The molecule has 2 rings (SSSR count). The van der Waals surface area contributed by atoms with Crippen LogP contribution in [0.2, 0.25) is 6.55 Å². The lowest BCUT2D eigenvalue weighted by Gasteiger charge is -2.32. The van der Waals surface area contributed by atoms with Crippen LogP contribution >= 0.6 is 0 Å². The molecule has 140 valence electrons. The van der Waals surface area contributed by atoms with Gasteiger partial charge in [0.25, 0.3) is 0 Å². The molecule has 0 amide bonds. The van der Waals surface area contributed by atoms with Gasteiger partial charge in [-0.25, -0.2) is 18.9 Å². The van der Waals surface area contributed by atoms with E-state index in [9.17, 15) is 0 Å². The Kier molecular flexibility index (Phi) is 6.55. The second kappa shape index (κ2) is 8.29. The summed E-state index contributed by atoms with van der Waals surface area (Å²) in [6, 6.07) is 19.8. The van der Waals surface area contributed by atoms with Crippen molar-refractivity contribution in [3.63, 3.8) is 0 Å². The van der Waals surface area contributed by atoms with Crippen LogP contribution in [-0.4, -0.2) is 8.56 Å². The minimum atomic E-state index is -2.89. The summed E-state index contributed by atoms with van der Waals surface area (Å²) in [5, 5.41) is 0. The maximum Gasteiger partial charge on any atom is 0.429 e. The molecule has 0 N–H and O–H groups in total. The monoisotopic (exact) mass is 372 g/mol. The van der Waals surface area contributed by atoms with E-state index in [1.54, 1.807) is 5.70 Å². The zero-order chi connectivity index (χ0) is 19.3. The first-order valence-corrected chi connectivity index (χ1v) is 11.1. The van der Waals surface area contributed by atoms with Crippen LogP contribution in [0, 0.1) is 0 Å². The average Bonchev–Trinajstić information content (AvgIpc) is 2.66. The normalized spacial score (nSPS) is 12.8. The molecule has 0 fully saturated rings. The smallest absolute Gasteiger partial charge is 0.243 e. The van der Waals surface area contributed by atoms with Gasteiger partial charge in [-0.1, -0.05) is 60.7 Å². The Balaban J connectivity index is 2.01. The fourth-order valence-corrected chi connectivity index (χ4v) is 3.14. The third-order valence-corrected chi connectivity index (χ3v) is 5.71. The minimum Gasteiger partial charge on any atom is -0.243 e. The van der Waals surface area contributed by atoms with E-state index in [0.29, 0.717) is 0 Å². The standard InChI is InChI=1S/C21H28O4Si/c1-7-26(6,24-22-20(2,3)18-14-10-8-11-15-18)25-23-21(4,5)19-16-12-9-13-17-19/h7-17H,1H2,2-6H3. The molecule has 0 aromatic heterocycles. The summed E-state index contributed by atoms with van der Waals surface area (Å²) in [5.41, 5.74) is 2.39. The van der Waals surface area contributed by atoms with Crippen molar-refractivity contribution in [2.24, 2.45) is 0 Å². The maximum atomic E-state index is 5.73. The van der Waals surface area contributed by atoms with E-state index < -0.39 is 19.8 Å². The van der Waals surface area contributed by atoms with Crippen LogP contribution in [0.25, 0.3) is 0 Å². The number of hydrogen-bond acceptors (Lipinski definition) is 4. The summed E-state index contributed by atoms with van der Waals surface area (Å²) in [4.78, 5) is 11.5. The highest BCUT2D eigenvalue weighted by molar-refractivity contribution is 6.70. The Morgan fingerprint density at radius 2 is 1.08 bits per heavy atom. The van der Waals surface area contributed by atoms with Crippen LogP contribution in [0.3, 0.4) is 0 Å². The third kappa shape index (κ3) is 5.36. The van der Waals surface area contributed by atoms with E-state index in [-0.39, 0.29) is 0 Å². The summed E-state index contributed by atoms with van der Waals surface area (Å²) in [6.45, 7) is 13.4. The molecule has 0 saturated heterocycles. The molecule has 0 aliphatic rings. The van der Waals surface area contributed by atoms with Gasteiger partial charge in [0.1, 0.15) is 11.2 Å². The van der Waals surface area contributed by atoms with Crippen LogP contribution in [0.15, 0.2) is 72.9 Å². The molecule has 0 atom stereocenters. The maximum absolute atomic E-state index is 5.73. The van der Waals surface area contributed by atoms with Gasteiger partial charge in [0.05, 0.1) is 0 Å². The minimum absolute atomic E-state index is 0.628. The van der Waals surface area contributed by atoms with Gasteiger partial charge in [0, 0.05) is 0 Å². The molecule has 5 heteroatoms. The third-order valence-electron chi connectivity index (χ3n) is 4.14. The molecule has 0 aliphatic heterocycles. The fourth-order valence-electron chi connectivity index (χ4n) is 2.23. The Morgan fingerprint density at radius 3 is 1.38 bits per heavy atom. The molecular formula is C21H28O4Si. The molecule has 0 aliphatic carbocycles. The quantitative estimate of drug-likeness (QED) is 0.328. The first-order chi connectivity index (χ1) is 12.2. The van der Waals surface area contributed by atoms with E-state index in [4.69, 9.17) is 18.9 Å². The van der Waals surface area contributed by atoms with Crippen LogP contribution in [-0.2, 0) is 30.1 Å². The number of benzene rings is 2. The Morgan fingerprint density at radius 1 is 0.731 bits per heavy atom. The zero-order valence-electron chi connectivity index (χ0n) is 16.2. The van der Waals surface area contributed by atoms with Crippen LogP contribution in [0.4, 0.5) is 0 Å². The first kappa shape index (κ1) is 20.5. The van der Waals surface area contributed by atoms with Crippen molar-refractivity contribution in [3.05, 3.63) is 84.1 Å². The van der Waals surface area contributed by atoms with Crippen molar-refractivity contribution < 1.29 is 18.9 Å². The molecule has 2 aromatic rings. The molecule has 26 heavy (non-hydrogen) atoms. The largest absolute Gasteiger partial charge is 0.429 e. The molecule has 4 nitrogen and oxygen atoms in total.